The lowest BCUT2D eigenvalue weighted by Crippen LogP contribution is -2.36. The Kier molecular flexibility index (Phi) is 2.06. The molecule has 0 spiro atoms. The molecule has 0 bridgehead atoms. The summed E-state index contributed by atoms with van der Waals surface area (Å²) in [7, 11) is 0. The molecule has 0 atom stereocenters. The van der Waals surface area contributed by atoms with Gasteiger partial charge in [0.25, 0.3) is 0 Å². The van der Waals surface area contributed by atoms with Gasteiger partial charge >= 0.3 is 6.18 Å². The van der Waals surface area contributed by atoms with Gasteiger partial charge in [-0.2, -0.15) is 13.2 Å². The minimum absolute atomic E-state index is 0.0855. The monoisotopic (exact) mass is 216 g/mol. The van der Waals surface area contributed by atoms with E-state index in [4.69, 9.17) is 5.73 Å². The van der Waals surface area contributed by atoms with E-state index >= 15 is 0 Å². The highest BCUT2D eigenvalue weighted by Crippen LogP contribution is 2.41. The van der Waals surface area contributed by atoms with Gasteiger partial charge in [0.1, 0.15) is 5.70 Å². The lowest BCUT2D eigenvalue weighted by molar-refractivity contribution is -0.109. The summed E-state index contributed by atoms with van der Waals surface area (Å²) in [6.07, 6.45) is -0.547. The van der Waals surface area contributed by atoms with Crippen LogP contribution in [0.2, 0.25) is 0 Å². The van der Waals surface area contributed by atoms with E-state index < -0.39 is 11.9 Å². The third-order valence-electron chi connectivity index (χ3n) is 2.51. The first-order chi connectivity index (χ1) is 6.91. The van der Waals surface area contributed by atoms with Crippen molar-refractivity contribution in [1.82, 2.24) is 4.90 Å². The maximum Gasteiger partial charge on any atom is 0.431 e. The quantitative estimate of drug-likeness (QED) is 0.728. The smallest absolute Gasteiger partial charge is 0.397 e. The molecule has 82 valence electrons. The van der Waals surface area contributed by atoms with Crippen LogP contribution in [0.1, 0.15) is 12.8 Å². The Hall–Kier alpha value is -1.39. The highest BCUT2D eigenvalue weighted by molar-refractivity contribution is 5.40. The molecule has 2 N–H and O–H groups in total. The van der Waals surface area contributed by atoms with Gasteiger partial charge in [0.2, 0.25) is 0 Å². The van der Waals surface area contributed by atoms with Crippen LogP contribution in [0.15, 0.2) is 35.8 Å². The minimum Gasteiger partial charge on any atom is -0.397 e. The fraction of sp³-hybridized carbons (Fsp3) is 0.400. The minimum atomic E-state index is -4.34. The van der Waals surface area contributed by atoms with E-state index in [1.165, 1.54) is 11.0 Å². The SMILES string of the molecule is C=C1C(N)=CC=C(C(F)(F)F)N1C1CC1. The molecule has 15 heavy (non-hydrogen) atoms. The molecule has 0 aromatic heterocycles. The lowest BCUT2D eigenvalue weighted by Gasteiger charge is -2.32. The first kappa shape index (κ1) is 10.1. The van der Waals surface area contributed by atoms with Crippen molar-refractivity contribution in [2.24, 2.45) is 5.73 Å². The van der Waals surface area contributed by atoms with Gasteiger partial charge in [-0.1, -0.05) is 6.58 Å². The van der Waals surface area contributed by atoms with Crippen LogP contribution in [0.3, 0.4) is 0 Å². The number of hydrogen-bond donors (Lipinski definition) is 1. The summed E-state index contributed by atoms with van der Waals surface area (Å²) in [6.45, 7) is 3.59. The number of halogens is 3. The summed E-state index contributed by atoms with van der Waals surface area (Å²) < 4.78 is 38.0. The molecule has 0 unspecified atom stereocenters. The summed E-state index contributed by atoms with van der Waals surface area (Å²) in [5.41, 5.74) is 5.44. The van der Waals surface area contributed by atoms with Crippen molar-refractivity contribution in [2.75, 3.05) is 0 Å². The largest absolute Gasteiger partial charge is 0.431 e. The fourth-order valence-corrected chi connectivity index (χ4v) is 1.61. The highest BCUT2D eigenvalue weighted by Gasteiger charge is 2.45. The van der Waals surface area contributed by atoms with E-state index in [-0.39, 0.29) is 11.7 Å². The first-order valence-electron chi connectivity index (χ1n) is 4.64. The summed E-state index contributed by atoms with van der Waals surface area (Å²) in [5.74, 6) is 0. The van der Waals surface area contributed by atoms with E-state index in [1.54, 1.807) is 0 Å². The molecule has 5 heteroatoms. The normalized spacial score (nSPS) is 22.6. The molecule has 0 saturated heterocycles. The predicted octanol–water partition coefficient (Wildman–Crippen LogP) is 2.27. The summed E-state index contributed by atoms with van der Waals surface area (Å²) in [4.78, 5) is 1.20. The van der Waals surface area contributed by atoms with Gasteiger partial charge in [0.05, 0.1) is 11.4 Å². The van der Waals surface area contributed by atoms with Gasteiger partial charge in [0.15, 0.2) is 0 Å². The number of rotatable bonds is 1. The van der Waals surface area contributed by atoms with Gasteiger partial charge in [0, 0.05) is 6.04 Å². The van der Waals surface area contributed by atoms with Gasteiger partial charge in [-0.15, -0.1) is 0 Å². The second-order valence-electron chi connectivity index (χ2n) is 3.72. The van der Waals surface area contributed by atoms with Crippen molar-refractivity contribution in [2.45, 2.75) is 25.1 Å². The second-order valence-corrected chi connectivity index (χ2v) is 3.72. The molecule has 1 aliphatic heterocycles. The molecule has 0 radical (unpaired) electrons. The maximum absolute atomic E-state index is 12.7. The molecule has 1 aliphatic carbocycles. The van der Waals surface area contributed by atoms with Crippen molar-refractivity contribution in [1.29, 1.82) is 0 Å². The lowest BCUT2D eigenvalue weighted by atomic mass is 10.1. The molecule has 1 saturated carbocycles. The Morgan fingerprint density at radius 2 is 1.93 bits per heavy atom. The molecular weight excluding hydrogens is 205 g/mol. The maximum atomic E-state index is 12.7. The Labute approximate surface area is 85.5 Å². The van der Waals surface area contributed by atoms with E-state index in [2.05, 4.69) is 6.58 Å². The average molecular weight is 216 g/mol. The van der Waals surface area contributed by atoms with Crippen LogP contribution in [0.4, 0.5) is 13.2 Å². The van der Waals surface area contributed by atoms with E-state index in [1.807, 2.05) is 0 Å². The number of nitrogens with two attached hydrogens (primary N) is 1. The average Bonchev–Trinajstić information content (AvgIpc) is 2.90. The van der Waals surface area contributed by atoms with Crippen LogP contribution in [-0.4, -0.2) is 17.1 Å². The van der Waals surface area contributed by atoms with Crippen molar-refractivity contribution in [3.63, 3.8) is 0 Å². The van der Waals surface area contributed by atoms with E-state index in [9.17, 15) is 13.2 Å². The second kappa shape index (κ2) is 3.05. The standard InChI is InChI=1S/C10H11F3N2/c1-6-8(14)4-5-9(10(11,12)13)15(6)7-2-3-7/h4-5,7H,1-3,14H2. The Morgan fingerprint density at radius 1 is 1.33 bits per heavy atom. The van der Waals surface area contributed by atoms with Crippen LogP contribution in [0.25, 0.3) is 0 Å². The van der Waals surface area contributed by atoms with Crippen LogP contribution >= 0.6 is 0 Å². The van der Waals surface area contributed by atoms with Crippen molar-refractivity contribution >= 4 is 0 Å². The number of alkyl halides is 3. The molecule has 0 aromatic rings. The van der Waals surface area contributed by atoms with E-state index in [0.717, 1.165) is 18.9 Å². The molecule has 2 nitrogen and oxygen atoms in total. The molecule has 0 aromatic carbocycles. The molecule has 1 fully saturated rings. The summed E-state index contributed by atoms with van der Waals surface area (Å²) >= 11 is 0. The van der Waals surface area contributed by atoms with Gasteiger partial charge in [-0.3, -0.25) is 0 Å². The topological polar surface area (TPSA) is 29.3 Å². The van der Waals surface area contributed by atoms with Crippen LogP contribution in [0.5, 0.6) is 0 Å². The van der Waals surface area contributed by atoms with E-state index in [0.29, 0.717) is 5.70 Å². The fourth-order valence-electron chi connectivity index (χ4n) is 1.61. The third-order valence-corrected chi connectivity index (χ3v) is 2.51. The van der Waals surface area contributed by atoms with Gasteiger partial charge in [-0.05, 0) is 25.0 Å². The number of hydrogen-bond acceptors (Lipinski definition) is 2. The molecule has 2 aliphatic rings. The zero-order valence-corrected chi connectivity index (χ0v) is 8.01. The summed E-state index contributed by atoms with van der Waals surface area (Å²) in [5, 5.41) is 0. The molecule has 0 amide bonds. The zero-order valence-electron chi connectivity index (χ0n) is 8.01. The summed E-state index contributed by atoms with van der Waals surface area (Å²) in [6, 6.07) is -0.0855. The third kappa shape index (κ3) is 1.73. The molecule has 1 heterocycles. The zero-order chi connectivity index (χ0) is 11.2. The van der Waals surface area contributed by atoms with Crippen LogP contribution in [-0.2, 0) is 0 Å². The first-order valence-corrected chi connectivity index (χ1v) is 4.64. The van der Waals surface area contributed by atoms with Crippen LogP contribution < -0.4 is 5.73 Å². The Balaban J connectivity index is 2.37. The van der Waals surface area contributed by atoms with Gasteiger partial charge in [-0.25, -0.2) is 0 Å². The number of allylic oxidation sites excluding steroid dienone is 3. The Morgan fingerprint density at radius 3 is 2.40 bits per heavy atom. The Bertz CT molecular complexity index is 361. The van der Waals surface area contributed by atoms with Crippen molar-refractivity contribution < 1.29 is 13.2 Å². The molecule has 2 rings (SSSR count). The van der Waals surface area contributed by atoms with Gasteiger partial charge < -0.3 is 10.6 Å². The number of nitrogens with zero attached hydrogens (tertiary/aromatic N) is 1. The molecular formula is C10H11F3N2. The highest BCUT2D eigenvalue weighted by atomic mass is 19.4. The predicted molar refractivity (Wildman–Crippen MR) is 50.4 cm³/mol. The van der Waals surface area contributed by atoms with Crippen molar-refractivity contribution in [3.8, 4) is 0 Å². The van der Waals surface area contributed by atoms with Crippen LogP contribution in [0, 0.1) is 0 Å². The van der Waals surface area contributed by atoms with Crippen molar-refractivity contribution in [3.05, 3.63) is 35.8 Å².